The van der Waals surface area contributed by atoms with E-state index in [-0.39, 0.29) is 10.5 Å². The van der Waals surface area contributed by atoms with Crippen LogP contribution in [0.2, 0.25) is 0 Å². The van der Waals surface area contributed by atoms with Crippen LogP contribution in [0.5, 0.6) is 0 Å². The topological polar surface area (TPSA) is 101 Å². The molecule has 0 unspecified atom stereocenters. The molecule has 8 nitrogen and oxygen atoms in total. The van der Waals surface area contributed by atoms with Crippen LogP contribution in [0, 0.1) is 0 Å². The van der Waals surface area contributed by atoms with Gasteiger partial charge in [0.1, 0.15) is 0 Å². The molecular weight excluding hydrogens is 438 g/mol. The van der Waals surface area contributed by atoms with Gasteiger partial charge in [-0.15, -0.1) is 0 Å². The van der Waals surface area contributed by atoms with E-state index in [0.29, 0.717) is 13.1 Å². The minimum atomic E-state index is -3.30. The maximum absolute atomic E-state index is 12.8. The van der Waals surface area contributed by atoms with E-state index >= 15 is 0 Å². The molecule has 0 saturated heterocycles. The minimum absolute atomic E-state index is 0.135. The summed E-state index contributed by atoms with van der Waals surface area (Å²) in [5.41, 5.74) is 5.66. The molecule has 33 heavy (non-hydrogen) atoms. The zero-order chi connectivity index (χ0) is 23.0. The smallest absolute Gasteiger partial charge is 0.252 e. The van der Waals surface area contributed by atoms with E-state index in [4.69, 9.17) is 0 Å². The van der Waals surface area contributed by atoms with Crippen LogP contribution in [0.3, 0.4) is 0 Å². The number of hydrogen-bond donors (Lipinski definition) is 1. The van der Waals surface area contributed by atoms with E-state index in [1.165, 1.54) is 6.26 Å². The lowest BCUT2D eigenvalue weighted by Crippen LogP contribution is -2.32. The van der Waals surface area contributed by atoms with Gasteiger partial charge in [-0.1, -0.05) is 12.1 Å². The number of aromatic amines is 1. The number of pyridine rings is 2. The Balaban J connectivity index is 1.38. The summed E-state index contributed by atoms with van der Waals surface area (Å²) in [6.45, 7) is 1.74. The molecule has 0 atom stereocenters. The molecule has 0 aliphatic carbocycles. The molecule has 0 radical (unpaired) electrons. The first-order valence-corrected chi connectivity index (χ1v) is 12.5. The van der Waals surface area contributed by atoms with Gasteiger partial charge in [-0.05, 0) is 35.9 Å². The van der Waals surface area contributed by atoms with E-state index in [0.717, 1.165) is 46.7 Å². The van der Waals surface area contributed by atoms with Crippen molar-refractivity contribution in [2.24, 2.45) is 0 Å². The van der Waals surface area contributed by atoms with Crippen molar-refractivity contribution in [2.75, 3.05) is 17.7 Å². The van der Waals surface area contributed by atoms with Gasteiger partial charge in [0.15, 0.2) is 9.84 Å². The highest BCUT2D eigenvalue weighted by molar-refractivity contribution is 7.90. The predicted molar refractivity (Wildman–Crippen MR) is 126 cm³/mol. The first-order valence-electron chi connectivity index (χ1n) is 10.6. The Morgan fingerprint density at radius 1 is 1.09 bits per heavy atom. The molecule has 0 bridgehead atoms. The third kappa shape index (κ3) is 4.31. The van der Waals surface area contributed by atoms with Gasteiger partial charge in [0, 0.05) is 72.9 Å². The standard InChI is InChI=1S/C24H23N5O3S/c1-33(31,32)20-4-2-3-17(13-20)15-29-11-7-19(14-23(29)30)28-12-8-22-21(16-28)24(27-26-22)18-5-9-25-10-6-18/h2-7,9-11,13-14H,8,12,15-16H2,1H3,(H,26,27). The average molecular weight is 462 g/mol. The maximum Gasteiger partial charge on any atom is 0.252 e. The summed E-state index contributed by atoms with van der Waals surface area (Å²) in [7, 11) is -3.30. The molecule has 0 spiro atoms. The van der Waals surface area contributed by atoms with Gasteiger partial charge >= 0.3 is 0 Å². The fourth-order valence-electron chi connectivity index (χ4n) is 4.16. The van der Waals surface area contributed by atoms with E-state index < -0.39 is 9.84 Å². The summed E-state index contributed by atoms with van der Waals surface area (Å²) in [5, 5.41) is 7.66. The second-order valence-corrected chi connectivity index (χ2v) is 10.2. The van der Waals surface area contributed by atoms with Crippen LogP contribution < -0.4 is 10.5 Å². The summed E-state index contributed by atoms with van der Waals surface area (Å²) in [6.07, 6.45) is 7.26. The largest absolute Gasteiger partial charge is 0.366 e. The molecule has 0 fully saturated rings. The lowest BCUT2D eigenvalue weighted by molar-refractivity contribution is 0.601. The fourth-order valence-corrected chi connectivity index (χ4v) is 4.85. The summed E-state index contributed by atoms with van der Waals surface area (Å²) >= 11 is 0. The summed E-state index contributed by atoms with van der Waals surface area (Å²) in [5.74, 6) is 0. The number of fused-ring (bicyclic) bond motifs is 1. The molecule has 3 aromatic heterocycles. The highest BCUT2D eigenvalue weighted by Gasteiger charge is 2.23. The molecule has 1 aliphatic rings. The predicted octanol–water partition coefficient (Wildman–Crippen LogP) is 2.65. The van der Waals surface area contributed by atoms with Gasteiger partial charge < -0.3 is 9.47 Å². The van der Waals surface area contributed by atoms with E-state index in [9.17, 15) is 13.2 Å². The average Bonchev–Trinajstić information content (AvgIpc) is 3.24. The first-order chi connectivity index (χ1) is 15.9. The van der Waals surface area contributed by atoms with Gasteiger partial charge in [-0.3, -0.25) is 14.9 Å². The van der Waals surface area contributed by atoms with Crippen molar-refractivity contribution in [2.45, 2.75) is 24.4 Å². The van der Waals surface area contributed by atoms with Crippen molar-refractivity contribution >= 4 is 15.5 Å². The van der Waals surface area contributed by atoms with Crippen molar-refractivity contribution in [3.05, 3.63) is 94.3 Å². The lowest BCUT2D eigenvalue weighted by Gasteiger charge is -2.29. The Bertz CT molecular complexity index is 1480. The summed E-state index contributed by atoms with van der Waals surface area (Å²) in [6, 6.07) is 14.1. The number of nitrogens with one attached hydrogen (secondary N) is 1. The Morgan fingerprint density at radius 3 is 2.67 bits per heavy atom. The Labute approximate surface area is 191 Å². The second-order valence-electron chi connectivity index (χ2n) is 8.21. The molecule has 1 aromatic carbocycles. The van der Waals surface area contributed by atoms with Gasteiger partial charge in [-0.25, -0.2) is 8.42 Å². The van der Waals surface area contributed by atoms with Crippen molar-refractivity contribution < 1.29 is 8.42 Å². The van der Waals surface area contributed by atoms with Crippen molar-refractivity contribution in [1.29, 1.82) is 0 Å². The quantitative estimate of drug-likeness (QED) is 0.490. The van der Waals surface area contributed by atoms with E-state index in [2.05, 4.69) is 20.1 Å². The number of hydrogen-bond acceptors (Lipinski definition) is 6. The van der Waals surface area contributed by atoms with Gasteiger partial charge in [-0.2, -0.15) is 5.10 Å². The van der Waals surface area contributed by atoms with Crippen LogP contribution >= 0.6 is 0 Å². The number of aromatic nitrogens is 4. The van der Waals surface area contributed by atoms with E-state index in [1.807, 2.05) is 24.3 Å². The Kier molecular flexibility index (Phi) is 5.33. The van der Waals surface area contributed by atoms with Crippen LogP contribution in [0.25, 0.3) is 11.3 Å². The minimum Gasteiger partial charge on any atom is -0.366 e. The molecule has 9 heteroatoms. The molecule has 0 saturated carbocycles. The van der Waals surface area contributed by atoms with Crippen LogP contribution in [-0.2, 0) is 29.3 Å². The van der Waals surface area contributed by atoms with Gasteiger partial charge in [0.2, 0.25) is 0 Å². The second kappa shape index (κ2) is 8.32. The van der Waals surface area contributed by atoms with Crippen LogP contribution in [0.15, 0.2) is 76.8 Å². The fraction of sp³-hybridized carbons (Fsp3) is 0.208. The molecule has 4 aromatic rings. The number of rotatable bonds is 5. The lowest BCUT2D eigenvalue weighted by atomic mass is 10.0. The van der Waals surface area contributed by atoms with Crippen LogP contribution in [0.4, 0.5) is 5.69 Å². The number of nitrogens with zero attached hydrogens (tertiary/aromatic N) is 4. The molecule has 1 N–H and O–H groups in total. The molecular formula is C24H23N5O3S. The monoisotopic (exact) mass is 461 g/mol. The number of H-pyrrole nitrogens is 1. The van der Waals surface area contributed by atoms with Crippen molar-refractivity contribution in [3.63, 3.8) is 0 Å². The summed E-state index contributed by atoms with van der Waals surface area (Å²) < 4.78 is 25.2. The third-order valence-corrected chi connectivity index (χ3v) is 7.02. The molecule has 4 heterocycles. The first kappa shape index (κ1) is 21.1. The van der Waals surface area contributed by atoms with Crippen molar-refractivity contribution in [3.8, 4) is 11.3 Å². The zero-order valence-corrected chi connectivity index (χ0v) is 18.9. The summed E-state index contributed by atoms with van der Waals surface area (Å²) in [4.78, 5) is 19.4. The third-order valence-electron chi connectivity index (χ3n) is 5.91. The maximum atomic E-state index is 12.8. The van der Waals surface area contributed by atoms with E-state index in [1.54, 1.807) is 47.4 Å². The normalized spacial score (nSPS) is 13.7. The highest BCUT2D eigenvalue weighted by atomic mass is 32.2. The number of anilines is 1. The molecule has 168 valence electrons. The molecule has 5 rings (SSSR count). The van der Waals surface area contributed by atoms with Gasteiger partial charge in [0.25, 0.3) is 5.56 Å². The van der Waals surface area contributed by atoms with Gasteiger partial charge in [0.05, 0.1) is 17.1 Å². The molecule has 1 aliphatic heterocycles. The number of sulfone groups is 1. The zero-order valence-electron chi connectivity index (χ0n) is 18.1. The highest BCUT2D eigenvalue weighted by Crippen LogP contribution is 2.30. The molecule has 0 amide bonds. The Hall–Kier alpha value is -3.72. The Morgan fingerprint density at radius 2 is 1.91 bits per heavy atom. The SMILES string of the molecule is CS(=O)(=O)c1cccc(Cn2ccc(N3CCc4[nH]nc(-c5ccncc5)c4C3)cc2=O)c1. The number of benzene rings is 1. The van der Waals surface area contributed by atoms with Crippen LogP contribution in [-0.4, -0.2) is 41.0 Å². The van der Waals surface area contributed by atoms with Crippen LogP contribution in [0.1, 0.15) is 16.8 Å². The van der Waals surface area contributed by atoms with Crippen molar-refractivity contribution in [1.82, 2.24) is 19.7 Å².